The van der Waals surface area contributed by atoms with Gasteiger partial charge in [0.1, 0.15) is 0 Å². The van der Waals surface area contributed by atoms with E-state index in [1.54, 1.807) is 42.5 Å². The summed E-state index contributed by atoms with van der Waals surface area (Å²) in [4.78, 5) is 69.4. The van der Waals surface area contributed by atoms with E-state index in [-0.39, 0.29) is 52.3 Å². The summed E-state index contributed by atoms with van der Waals surface area (Å²) in [5.41, 5.74) is 4.24. The Kier molecular flexibility index (Phi) is 6.65. The number of allylic oxidation sites excluding steroid dienone is 2. The number of imide groups is 1. The number of hydrogen-bond donors (Lipinski definition) is 0. The molecule has 1 aliphatic heterocycles. The number of nitro benzene ring substituents is 1. The lowest BCUT2D eigenvalue weighted by Crippen LogP contribution is -2.32. The minimum atomic E-state index is -0.747. The molecular weight excluding hydrogens is 574 g/mol. The van der Waals surface area contributed by atoms with Crippen molar-refractivity contribution in [2.24, 2.45) is 23.7 Å². The number of anilines is 1. The zero-order valence-electron chi connectivity index (χ0n) is 24.4. The molecule has 2 aliphatic carbocycles. The van der Waals surface area contributed by atoms with Crippen LogP contribution in [0, 0.1) is 40.7 Å². The quantitative estimate of drug-likeness (QED) is 0.0642. The van der Waals surface area contributed by atoms with E-state index in [9.17, 15) is 29.3 Å². The van der Waals surface area contributed by atoms with Crippen molar-refractivity contribution in [3.8, 4) is 11.3 Å². The molecule has 224 valence electrons. The Morgan fingerprint density at radius 1 is 0.978 bits per heavy atom. The average Bonchev–Trinajstić information content (AvgIpc) is 3.69. The summed E-state index contributed by atoms with van der Waals surface area (Å²) < 4.78 is 5.39. The number of non-ortho nitro benzene ring substituents is 1. The Morgan fingerprint density at radius 3 is 2.47 bits per heavy atom. The lowest BCUT2D eigenvalue weighted by Gasteiger charge is -2.19. The summed E-state index contributed by atoms with van der Waals surface area (Å²) in [6.45, 7) is 3.30. The molecule has 4 aromatic rings. The number of carbonyl (C=O) groups is 4. The maximum absolute atomic E-state index is 13.4. The number of nitrogens with zero attached hydrogens (tertiary/aromatic N) is 3. The van der Waals surface area contributed by atoms with Crippen LogP contribution in [0.4, 0.5) is 11.4 Å². The van der Waals surface area contributed by atoms with Gasteiger partial charge in [-0.3, -0.25) is 29.4 Å². The van der Waals surface area contributed by atoms with Gasteiger partial charge in [0.15, 0.2) is 6.61 Å². The van der Waals surface area contributed by atoms with Crippen LogP contribution in [0.3, 0.4) is 0 Å². The molecule has 45 heavy (non-hydrogen) atoms. The second-order valence-electron chi connectivity index (χ2n) is 11.9. The Balaban J connectivity index is 1.16. The van der Waals surface area contributed by atoms with Crippen LogP contribution in [0.1, 0.15) is 39.6 Å². The zero-order chi connectivity index (χ0) is 31.6. The summed E-state index contributed by atoms with van der Waals surface area (Å²) in [5, 5.41) is 11.6. The van der Waals surface area contributed by atoms with E-state index in [0.717, 1.165) is 18.1 Å². The number of hydrogen-bond acceptors (Lipinski definition) is 8. The summed E-state index contributed by atoms with van der Waals surface area (Å²) in [6, 6.07) is 19.2. The van der Waals surface area contributed by atoms with E-state index in [4.69, 9.17) is 9.72 Å². The SMILES string of the molecule is CC1=CC2CC1C1C(=O)N(c3ccc(-c4cc(C(=O)OCC(=O)c5cccc([N+](=O)[O-])c5)c5cccc(C)c5n4)cc3)C(=O)C21. The molecule has 10 nitrogen and oxygen atoms in total. The number of ketones is 1. The van der Waals surface area contributed by atoms with E-state index in [2.05, 4.69) is 6.08 Å². The van der Waals surface area contributed by atoms with Crippen molar-refractivity contribution >= 4 is 45.8 Å². The number of ether oxygens (including phenoxy) is 1. The van der Waals surface area contributed by atoms with Crippen molar-refractivity contribution in [2.45, 2.75) is 20.3 Å². The summed E-state index contributed by atoms with van der Waals surface area (Å²) >= 11 is 0. The molecule has 4 unspecified atom stereocenters. The molecule has 3 aliphatic rings. The number of esters is 1. The second kappa shape index (κ2) is 10.6. The molecular formula is C35H27N3O7. The number of para-hydroxylation sites is 1. The first-order chi connectivity index (χ1) is 21.6. The number of pyridine rings is 1. The molecule has 2 bridgehead atoms. The Bertz CT molecular complexity index is 2000. The fourth-order valence-corrected chi connectivity index (χ4v) is 7.10. The highest BCUT2D eigenvalue weighted by Gasteiger charge is 2.60. The number of fused-ring (bicyclic) bond motifs is 6. The summed E-state index contributed by atoms with van der Waals surface area (Å²) in [5.74, 6) is -1.98. The molecule has 1 saturated carbocycles. The van der Waals surface area contributed by atoms with Gasteiger partial charge in [-0.2, -0.15) is 0 Å². The molecule has 2 fully saturated rings. The maximum Gasteiger partial charge on any atom is 0.339 e. The highest BCUT2D eigenvalue weighted by atomic mass is 16.6. The van der Waals surface area contributed by atoms with Gasteiger partial charge < -0.3 is 4.74 Å². The van der Waals surface area contributed by atoms with E-state index in [1.165, 1.54) is 28.7 Å². The van der Waals surface area contributed by atoms with Crippen LogP contribution in [0.5, 0.6) is 0 Å². The highest BCUT2D eigenvalue weighted by Crippen LogP contribution is 2.56. The van der Waals surface area contributed by atoms with Gasteiger partial charge in [-0.25, -0.2) is 9.78 Å². The average molecular weight is 602 g/mol. The van der Waals surface area contributed by atoms with Gasteiger partial charge in [0.2, 0.25) is 17.6 Å². The van der Waals surface area contributed by atoms with Gasteiger partial charge >= 0.3 is 5.97 Å². The number of rotatable bonds is 7. The normalized spacial score (nSPS) is 21.6. The number of benzene rings is 3. The molecule has 3 aromatic carbocycles. The van der Waals surface area contributed by atoms with Crippen molar-refractivity contribution in [1.82, 2.24) is 4.98 Å². The first-order valence-corrected chi connectivity index (χ1v) is 14.6. The van der Waals surface area contributed by atoms with Crippen LogP contribution in [0.25, 0.3) is 22.2 Å². The van der Waals surface area contributed by atoms with Gasteiger partial charge in [0.25, 0.3) is 5.69 Å². The molecule has 2 amide bonds. The number of amides is 2. The number of nitro groups is 1. The van der Waals surface area contributed by atoms with Crippen LogP contribution in [-0.2, 0) is 14.3 Å². The Hall–Kier alpha value is -5.51. The molecule has 1 saturated heterocycles. The molecule has 0 N–H and O–H groups in total. The van der Waals surface area contributed by atoms with Gasteiger partial charge in [0, 0.05) is 28.6 Å². The largest absolute Gasteiger partial charge is 0.454 e. The smallest absolute Gasteiger partial charge is 0.339 e. The maximum atomic E-state index is 13.4. The van der Waals surface area contributed by atoms with E-state index in [0.29, 0.717) is 27.8 Å². The van der Waals surface area contributed by atoms with Gasteiger partial charge in [-0.1, -0.05) is 54.1 Å². The molecule has 0 spiro atoms. The van der Waals surface area contributed by atoms with E-state index in [1.807, 2.05) is 19.9 Å². The van der Waals surface area contributed by atoms with Crippen molar-refractivity contribution < 1.29 is 28.8 Å². The molecule has 1 aromatic heterocycles. The van der Waals surface area contributed by atoms with Crippen LogP contribution < -0.4 is 4.90 Å². The Morgan fingerprint density at radius 2 is 1.71 bits per heavy atom. The molecule has 7 rings (SSSR count). The minimum Gasteiger partial charge on any atom is -0.454 e. The third-order valence-corrected chi connectivity index (χ3v) is 9.28. The lowest BCUT2D eigenvalue weighted by molar-refractivity contribution is -0.384. The predicted octanol–water partition coefficient (Wildman–Crippen LogP) is 5.86. The van der Waals surface area contributed by atoms with E-state index < -0.39 is 23.3 Å². The third-order valence-electron chi connectivity index (χ3n) is 9.28. The fraction of sp³-hybridized carbons (Fsp3) is 0.229. The molecule has 0 radical (unpaired) electrons. The Labute approximate surface area is 257 Å². The lowest BCUT2D eigenvalue weighted by atomic mass is 9.82. The first kappa shape index (κ1) is 28.3. The van der Waals surface area contributed by atoms with Crippen molar-refractivity contribution in [2.75, 3.05) is 11.5 Å². The van der Waals surface area contributed by atoms with Gasteiger partial charge in [-0.05, 0) is 55.9 Å². The van der Waals surface area contributed by atoms with Crippen LogP contribution >= 0.6 is 0 Å². The molecule has 4 atom stereocenters. The highest BCUT2D eigenvalue weighted by molar-refractivity contribution is 6.23. The van der Waals surface area contributed by atoms with Crippen molar-refractivity contribution in [1.29, 1.82) is 0 Å². The number of Topliss-reactive ketones (excluding diaryl/α,β-unsaturated/α-hetero) is 1. The predicted molar refractivity (Wildman–Crippen MR) is 164 cm³/mol. The zero-order valence-corrected chi connectivity index (χ0v) is 24.4. The summed E-state index contributed by atoms with van der Waals surface area (Å²) in [6.07, 6.45) is 3.01. The van der Waals surface area contributed by atoms with Crippen molar-refractivity contribution in [3.05, 3.63) is 111 Å². The number of aromatic nitrogens is 1. The van der Waals surface area contributed by atoms with Gasteiger partial charge in [-0.15, -0.1) is 0 Å². The first-order valence-electron chi connectivity index (χ1n) is 14.6. The van der Waals surface area contributed by atoms with E-state index >= 15 is 0 Å². The molecule has 2 heterocycles. The second-order valence-corrected chi connectivity index (χ2v) is 11.9. The topological polar surface area (TPSA) is 137 Å². The van der Waals surface area contributed by atoms with Crippen LogP contribution in [0.2, 0.25) is 0 Å². The fourth-order valence-electron chi connectivity index (χ4n) is 7.10. The van der Waals surface area contributed by atoms with Crippen LogP contribution in [-0.4, -0.2) is 40.1 Å². The summed E-state index contributed by atoms with van der Waals surface area (Å²) in [7, 11) is 0. The van der Waals surface area contributed by atoms with Crippen LogP contribution in [0.15, 0.2) is 84.4 Å². The molecule has 10 heteroatoms. The van der Waals surface area contributed by atoms with Crippen molar-refractivity contribution in [3.63, 3.8) is 0 Å². The van der Waals surface area contributed by atoms with Gasteiger partial charge in [0.05, 0.1) is 39.2 Å². The monoisotopic (exact) mass is 601 g/mol. The standard InChI is InChI=1S/C35H27N3O7/c1-18-5-3-8-25-27(35(42)45-17-29(39)21-6-4-7-24(14-21)38(43)44)16-28(36-32(18)25)20-9-11-23(12-10-20)37-33(40)30-22-13-19(2)26(15-22)31(30)34(37)41/h3-14,16,22,26,30-31H,15,17H2,1-2H3. The number of carbonyl (C=O) groups excluding carboxylic acids is 4. The number of aryl methyl sites for hydroxylation is 1. The minimum absolute atomic E-state index is 0.0610. The third kappa shape index (κ3) is 4.61.